The monoisotopic (exact) mass is 256 g/mol. The fraction of sp³-hybridized carbons (Fsp3) is 0.462. The standard InChI is InChI=1S/C13H17FO2S/c1-13(2,3)17-9-12(15)16-8-10-4-6-11(14)7-5-10/h4-7H,8-9H2,1-3H3. The van der Waals surface area contributed by atoms with Crippen LogP contribution in [0.5, 0.6) is 0 Å². The molecule has 1 rings (SSSR count). The SMILES string of the molecule is CC(C)(C)SCC(=O)OCc1ccc(F)cc1. The first-order chi connectivity index (χ1) is 7.87. The molecule has 1 aromatic rings. The molecule has 1 aromatic carbocycles. The van der Waals surface area contributed by atoms with E-state index in [1.807, 2.05) is 20.8 Å². The number of hydrogen-bond acceptors (Lipinski definition) is 3. The van der Waals surface area contributed by atoms with E-state index in [1.165, 1.54) is 12.1 Å². The number of hydrogen-bond donors (Lipinski definition) is 0. The lowest BCUT2D eigenvalue weighted by molar-refractivity contribution is -0.141. The molecule has 0 saturated carbocycles. The van der Waals surface area contributed by atoms with E-state index < -0.39 is 0 Å². The van der Waals surface area contributed by atoms with Crippen molar-refractivity contribution in [1.29, 1.82) is 0 Å². The number of carbonyl (C=O) groups is 1. The minimum Gasteiger partial charge on any atom is -0.460 e. The van der Waals surface area contributed by atoms with Crippen molar-refractivity contribution in [3.63, 3.8) is 0 Å². The van der Waals surface area contributed by atoms with Crippen LogP contribution in [0.3, 0.4) is 0 Å². The molecule has 0 fully saturated rings. The Hall–Kier alpha value is -1.03. The van der Waals surface area contributed by atoms with Gasteiger partial charge in [-0.15, -0.1) is 11.8 Å². The van der Waals surface area contributed by atoms with Crippen molar-refractivity contribution in [1.82, 2.24) is 0 Å². The van der Waals surface area contributed by atoms with Crippen LogP contribution < -0.4 is 0 Å². The second-order valence-electron chi connectivity index (χ2n) is 4.69. The molecule has 0 aliphatic carbocycles. The molecule has 0 aliphatic heterocycles. The fourth-order valence-electron chi connectivity index (χ4n) is 1.06. The number of carbonyl (C=O) groups excluding carboxylic acids is 1. The zero-order chi connectivity index (χ0) is 12.9. The molecule has 0 unspecified atom stereocenters. The summed E-state index contributed by atoms with van der Waals surface area (Å²) in [6, 6.07) is 5.93. The van der Waals surface area contributed by atoms with E-state index in [0.717, 1.165) is 5.56 Å². The van der Waals surface area contributed by atoms with E-state index in [-0.39, 0.29) is 23.1 Å². The molecule has 0 radical (unpaired) electrons. The summed E-state index contributed by atoms with van der Waals surface area (Å²) in [5.74, 6) is -0.192. The third-order valence-corrected chi connectivity index (χ3v) is 3.18. The average Bonchev–Trinajstić information content (AvgIpc) is 2.25. The maximum Gasteiger partial charge on any atom is 0.316 e. The van der Waals surface area contributed by atoms with Crippen molar-refractivity contribution < 1.29 is 13.9 Å². The molecule has 0 spiro atoms. The van der Waals surface area contributed by atoms with Gasteiger partial charge in [0.25, 0.3) is 0 Å². The van der Waals surface area contributed by atoms with Gasteiger partial charge in [0, 0.05) is 4.75 Å². The maximum atomic E-state index is 12.6. The Balaban J connectivity index is 2.31. The molecule has 17 heavy (non-hydrogen) atoms. The molecule has 0 atom stereocenters. The lowest BCUT2D eigenvalue weighted by Gasteiger charge is -2.16. The molecule has 0 aromatic heterocycles. The molecule has 2 nitrogen and oxygen atoms in total. The Bertz CT molecular complexity index is 368. The summed E-state index contributed by atoms with van der Waals surface area (Å²) >= 11 is 1.54. The first kappa shape index (κ1) is 14.0. The van der Waals surface area contributed by atoms with Gasteiger partial charge < -0.3 is 4.74 Å². The summed E-state index contributed by atoms with van der Waals surface area (Å²) in [7, 11) is 0. The smallest absolute Gasteiger partial charge is 0.316 e. The Kier molecular flexibility index (Phi) is 5.00. The van der Waals surface area contributed by atoms with E-state index in [1.54, 1.807) is 23.9 Å². The first-order valence-electron chi connectivity index (χ1n) is 5.41. The number of thioether (sulfide) groups is 1. The van der Waals surface area contributed by atoms with Gasteiger partial charge in [-0.3, -0.25) is 4.79 Å². The number of ether oxygens (including phenoxy) is 1. The van der Waals surface area contributed by atoms with Gasteiger partial charge >= 0.3 is 5.97 Å². The van der Waals surface area contributed by atoms with Crippen molar-refractivity contribution in [3.05, 3.63) is 35.6 Å². The van der Waals surface area contributed by atoms with Crippen LogP contribution in [0.15, 0.2) is 24.3 Å². The topological polar surface area (TPSA) is 26.3 Å². The van der Waals surface area contributed by atoms with Gasteiger partial charge in [0.05, 0.1) is 5.75 Å². The van der Waals surface area contributed by atoms with E-state index in [2.05, 4.69) is 0 Å². The van der Waals surface area contributed by atoms with Crippen LogP contribution in [0, 0.1) is 5.82 Å². The second-order valence-corrected chi connectivity index (χ2v) is 6.49. The van der Waals surface area contributed by atoms with Crippen LogP contribution in [0.4, 0.5) is 4.39 Å². The highest BCUT2D eigenvalue weighted by Gasteiger charge is 2.14. The summed E-state index contributed by atoms with van der Waals surface area (Å²) in [4.78, 5) is 11.4. The highest BCUT2D eigenvalue weighted by molar-refractivity contribution is 8.01. The van der Waals surface area contributed by atoms with Crippen LogP contribution in [-0.4, -0.2) is 16.5 Å². The Morgan fingerprint density at radius 3 is 2.41 bits per heavy atom. The quantitative estimate of drug-likeness (QED) is 0.772. The molecular formula is C13H17FO2S. The van der Waals surface area contributed by atoms with Gasteiger partial charge in [0.2, 0.25) is 0 Å². The second kappa shape index (κ2) is 6.05. The Labute approximate surface area is 106 Å². The predicted octanol–water partition coefficient (Wildman–Crippen LogP) is 3.40. The molecule has 0 heterocycles. The van der Waals surface area contributed by atoms with Crippen LogP contribution in [0.2, 0.25) is 0 Å². The van der Waals surface area contributed by atoms with Crippen molar-refractivity contribution in [2.75, 3.05) is 5.75 Å². The Morgan fingerprint density at radius 2 is 1.88 bits per heavy atom. The van der Waals surface area contributed by atoms with Crippen molar-refractivity contribution >= 4 is 17.7 Å². The van der Waals surface area contributed by atoms with Gasteiger partial charge in [-0.1, -0.05) is 32.9 Å². The number of rotatable bonds is 4. The lowest BCUT2D eigenvalue weighted by atomic mass is 10.2. The molecule has 0 aliphatic rings. The van der Waals surface area contributed by atoms with Crippen molar-refractivity contribution in [2.45, 2.75) is 32.1 Å². The largest absolute Gasteiger partial charge is 0.460 e. The third-order valence-electron chi connectivity index (χ3n) is 1.94. The molecule has 0 bridgehead atoms. The summed E-state index contributed by atoms with van der Waals surface area (Å²) < 4.78 is 17.8. The minimum absolute atomic E-state index is 0.0505. The zero-order valence-corrected chi connectivity index (χ0v) is 11.1. The zero-order valence-electron chi connectivity index (χ0n) is 10.3. The highest BCUT2D eigenvalue weighted by atomic mass is 32.2. The molecule has 94 valence electrons. The van der Waals surface area contributed by atoms with E-state index in [0.29, 0.717) is 5.75 Å². The molecule has 0 N–H and O–H groups in total. The van der Waals surface area contributed by atoms with Crippen LogP contribution >= 0.6 is 11.8 Å². The van der Waals surface area contributed by atoms with Gasteiger partial charge in [-0.25, -0.2) is 4.39 Å². The van der Waals surface area contributed by atoms with Gasteiger partial charge in [0.15, 0.2) is 0 Å². The number of benzene rings is 1. The van der Waals surface area contributed by atoms with E-state index in [9.17, 15) is 9.18 Å². The summed E-state index contributed by atoms with van der Waals surface area (Å²) in [6.45, 7) is 6.34. The van der Waals surface area contributed by atoms with E-state index >= 15 is 0 Å². The average molecular weight is 256 g/mol. The maximum absolute atomic E-state index is 12.6. The molecule has 4 heteroatoms. The minimum atomic E-state index is -0.289. The summed E-state index contributed by atoms with van der Waals surface area (Å²) in [6.07, 6.45) is 0. The van der Waals surface area contributed by atoms with Gasteiger partial charge in [-0.2, -0.15) is 0 Å². The van der Waals surface area contributed by atoms with Gasteiger partial charge in [-0.05, 0) is 17.7 Å². The number of halogens is 1. The third kappa shape index (κ3) is 6.31. The predicted molar refractivity (Wildman–Crippen MR) is 68.4 cm³/mol. The van der Waals surface area contributed by atoms with Crippen molar-refractivity contribution in [2.24, 2.45) is 0 Å². The van der Waals surface area contributed by atoms with Crippen LogP contribution in [-0.2, 0) is 16.1 Å². The molecule has 0 saturated heterocycles. The van der Waals surface area contributed by atoms with E-state index in [4.69, 9.17) is 4.74 Å². The van der Waals surface area contributed by atoms with Crippen molar-refractivity contribution in [3.8, 4) is 0 Å². The lowest BCUT2D eigenvalue weighted by Crippen LogP contribution is -2.14. The highest BCUT2D eigenvalue weighted by Crippen LogP contribution is 2.22. The Morgan fingerprint density at radius 1 is 1.29 bits per heavy atom. The fourth-order valence-corrected chi connectivity index (χ4v) is 1.70. The van der Waals surface area contributed by atoms with Crippen LogP contribution in [0.1, 0.15) is 26.3 Å². The first-order valence-corrected chi connectivity index (χ1v) is 6.39. The van der Waals surface area contributed by atoms with Crippen LogP contribution in [0.25, 0.3) is 0 Å². The summed E-state index contributed by atoms with van der Waals surface area (Å²) in [5.41, 5.74) is 0.792. The number of esters is 1. The normalized spacial score (nSPS) is 11.3. The molecular weight excluding hydrogens is 239 g/mol. The molecule has 0 amide bonds. The summed E-state index contributed by atoms with van der Waals surface area (Å²) in [5, 5.41) is 0. The van der Waals surface area contributed by atoms with Gasteiger partial charge in [0.1, 0.15) is 12.4 Å².